The van der Waals surface area contributed by atoms with Gasteiger partial charge in [0.1, 0.15) is 5.82 Å². The number of alkyl halides is 3. The maximum atomic E-state index is 12.7. The van der Waals surface area contributed by atoms with E-state index in [1.807, 2.05) is 17.7 Å². The van der Waals surface area contributed by atoms with Gasteiger partial charge in [-0.05, 0) is 30.2 Å². The van der Waals surface area contributed by atoms with Crippen molar-refractivity contribution < 1.29 is 18.0 Å². The zero-order valence-corrected chi connectivity index (χ0v) is 13.8. The van der Waals surface area contributed by atoms with E-state index in [-0.39, 0.29) is 11.9 Å². The van der Waals surface area contributed by atoms with Gasteiger partial charge in [-0.15, -0.1) is 11.3 Å². The maximum absolute atomic E-state index is 12.7. The van der Waals surface area contributed by atoms with Gasteiger partial charge in [-0.25, -0.2) is 9.78 Å². The molecular weight excluding hydrogens is 341 g/mol. The predicted molar refractivity (Wildman–Crippen MR) is 85.1 cm³/mol. The molecule has 2 aromatic heterocycles. The first-order chi connectivity index (χ1) is 11.3. The molecule has 2 N–H and O–H groups in total. The van der Waals surface area contributed by atoms with Crippen molar-refractivity contribution in [2.75, 3.05) is 11.9 Å². The summed E-state index contributed by atoms with van der Waals surface area (Å²) in [6.07, 6.45) is -2.19. The van der Waals surface area contributed by atoms with Crippen LogP contribution in [-0.4, -0.2) is 22.1 Å². The number of aromatic nitrogens is 2. The molecule has 2 aromatic rings. The molecule has 0 aromatic carbocycles. The molecule has 0 spiro atoms. The van der Waals surface area contributed by atoms with E-state index in [0.29, 0.717) is 31.8 Å². The predicted octanol–water partition coefficient (Wildman–Crippen LogP) is 3.66. The maximum Gasteiger partial charge on any atom is 0.434 e. The van der Waals surface area contributed by atoms with Gasteiger partial charge in [0, 0.05) is 31.1 Å². The van der Waals surface area contributed by atoms with Gasteiger partial charge in [0.2, 0.25) is 0 Å². The number of aryl methyl sites for hydroxylation is 2. The molecule has 3 heterocycles. The second kappa shape index (κ2) is 6.46. The topological polar surface area (TPSA) is 59.0 Å². The number of nitrogens with one attached hydrogen (secondary N) is 2. The second-order valence-corrected chi connectivity index (χ2v) is 6.64. The van der Waals surface area contributed by atoms with E-state index in [4.69, 9.17) is 0 Å². The summed E-state index contributed by atoms with van der Waals surface area (Å²) in [5.74, 6) is 0.541. The van der Waals surface area contributed by atoms with Crippen LogP contribution in [0.5, 0.6) is 0 Å². The lowest BCUT2D eigenvalue weighted by Gasteiger charge is -2.23. The van der Waals surface area contributed by atoms with Crippen LogP contribution in [0.4, 0.5) is 23.7 Å². The van der Waals surface area contributed by atoms with Crippen LogP contribution in [0.3, 0.4) is 0 Å². The number of carbonyl (C=O) groups is 1. The highest BCUT2D eigenvalue weighted by molar-refractivity contribution is 7.08. The Labute approximate surface area is 140 Å². The van der Waals surface area contributed by atoms with Crippen LogP contribution in [0.25, 0.3) is 0 Å². The number of amides is 2. The first-order valence-corrected chi connectivity index (χ1v) is 8.48. The summed E-state index contributed by atoms with van der Waals surface area (Å²) in [7, 11) is 0. The van der Waals surface area contributed by atoms with Crippen molar-refractivity contribution in [2.45, 2.75) is 32.5 Å². The van der Waals surface area contributed by atoms with Crippen LogP contribution in [-0.2, 0) is 19.1 Å². The lowest BCUT2D eigenvalue weighted by Crippen LogP contribution is -2.36. The Bertz CT molecular complexity index is 737. The summed E-state index contributed by atoms with van der Waals surface area (Å²) in [6, 6.07) is -0.302. The van der Waals surface area contributed by atoms with E-state index in [2.05, 4.69) is 15.6 Å². The molecule has 0 fully saturated rings. The molecule has 0 radical (unpaired) electrons. The number of urea groups is 1. The highest BCUT2D eigenvalue weighted by Crippen LogP contribution is 2.30. The van der Waals surface area contributed by atoms with Crippen LogP contribution in [0.15, 0.2) is 17.0 Å². The molecule has 9 heteroatoms. The van der Waals surface area contributed by atoms with Gasteiger partial charge in [-0.3, -0.25) is 0 Å². The van der Waals surface area contributed by atoms with Crippen LogP contribution < -0.4 is 10.6 Å². The summed E-state index contributed by atoms with van der Waals surface area (Å²) in [5, 5.41) is 9.34. The molecule has 0 saturated heterocycles. The molecule has 5 nitrogen and oxygen atoms in total. The SMILES string of the molecule is Cc1cscc1NC(=O)NC[C@H]1CCc2nc(C(F)(F)F)cn2C1. The third kappa shape index (κ3) is 3.72. The van der Waals surface area contributed by atoms with Gasteiger partial charge < -0.3 is 15.2 Å². The van der Waals surface area contributed by atoms with E-state index < -0.39 is 11.9 Å². The third-order valence-electron chi connectivity index (χ3n) is 4.04. The Morgan fingerprint density at radius 3 is 2.92 bits per heavy atom. The minimum Gasteiger partial charge on any atom is -0.338 e. The molecule has 1 atom stereocenters. The van der Waals surface area contributed by atoms with E-state index in [1.165, 1.54) is 11.3 Å². The van der Waals surface area contributed by atoms with E-state index in [0.717, 1.165) is 17.4 Å². The Morgan fingerprint density at radius 2 is 2.25 bits per heavy atom. The molecule has 1 aliphatic rings. The fourth-order valence-electron chi connectivity index (χ4n) is 2.71. The average Bonchev–Trinajstić information content (AvgIpc) is 3.11. The number of fused-ring (bicyclic) bond motifs is 1. The van der Waals surface area contributed by atoms with E-state index >= 15 is 0 Å². The highest BCUT2D eigenvalue weighted by Gasteiger charge is 2.35. The molecule has 1 aliphatic heterocycles. The van der Waals surface area contributed by atoms with Crippen molar-refractivity contribution in [1.29, 1.82) is 0 Å². The Morgan fingerprint density at radius 1 is 1.46 bits per heavy atom. The minimum absolute atomic E-state index is 0.0853. The van der Waals surface area contributed by atoms with E-state index in [9.17, 15) is 18.0 Å². The normalized spacial score (nSPS) is 17.4. The van der Waals surface area contributed by atoms with Crippen molar-refractivity contribution in [3.8, 4) is 0 Å². The van der Waals surface area contributed by atoms with Gasteiger partial charge >= 0.3 is 12.2 Å². The van der Waals surface area contributed by atoms with Crippen LogP contribution >= 0.6 is 11.3 Å². The third-order valence-corrected chi connectivity index (χ3v) is 4.90. The monoisotopic (exact) mass is 358 g/mol. The fourth-order valence-corrected chi connectivity index (χ4v) is 3.49. The number of anilines is 1. The summed E-state index contributed by atoms with van der Waals surface area (Å²) in [4.78, 5) is 15.6. The van der Waals surface area contributed by atoms with Crippen molar-refractivity contribution in [3.05, 3.63) is 34.0 Å². The smallest absolute Gasteiger partial charge is 0.338 e. The lowest BCUT2D eigenvalue weighted by molar-refractivity contribution is -0.141. The summed E-state index contributed by atoms with van der Waals surface area (Å²) >= 11 is 1.51. The number of rotatable bonds is 3. The molecule has 0 saturated carbocycles. The zero-order valence-electron chi connectivity index (χ0n) is 13.0. The first kappa shape index (κ1) is 16.8. The zero-order chi connectivity index (χ0) is 17.3. The summed E-state index contributed by atoms with van der Waals surface area (Å²) < 4.78 is 39.6. The number of hydrogen-bond donors (Lipinski definition) is 2. The molecule has 0 aliphatic carbocycles. The first-order valence-electron chi connectivity index (χ1n) is 7.54. The second-order valence-electron chi connectivity index (χ2n) is 5.90. The minimum atomic E-state index is -4.42. The molecule has 0 bridgehead atoms. The van der Waals surface area contributed by atoms with Gasteiger partial charge in [0.05, 0.1) is 5.69 Å². The summed E-state index contributed by atoms with van der Waals surface area (Å²) in [5.41, 5.74) is 0.917. The molecule has 0 unspecified atom stereocenters. The number of thiophene rings is 1. The standard InChI is InChI=1S/C15H17F3N4OS/c1-9-7-24-8-11(9)20-14(23)19-4-10-2-3-13-21-12(15(16,17)18)6-22(13)5-10/h6-8,10H,2-5H2,1H3,(H2,19,20,23)/t10-/m1/s1. The molecular formula is C15H17F3N4OS. The molecule has 3 rings (SSSR count). The van der Waals surface area contributed by atoms with Gasteiger partial charge in [0.25, 0.3) is 0 Å². The Kier molecular flexibility index (Phi) is 4.53. The number of hydrogen-bond acceptors (Lipinski definition) is 3. The largest absolute Gasteiger partial charge is 0.434 e. The lowest BCUT2D eigenvalue weighted by atomic mass is 9.99. The van der Waals surface area contributed by atoms with Crippen LogP contribution in [0.1, 0.15) is 23.5 Å². The van der Waals surface area contributed by atoms with Crippen molar-refractivity contribution in [2.24, 2.45) is 5.92 Å². The molecule has 130 valence electrons. The molecule has 2 amide bonds. The van der Waals surface area contributed by atoms with Crippen molar-refractivity contribution in [1.82, 2.24) is 14.9 Å². The van der Waals surface area contributed by atoms with Crippen LogP contribution in [0.2, 0.25) is 0 Å². The Hall–Kier alpha value is -2.03. The summed E-state index contributed by atoms with van der Waals surface area (Å²) in [6.45, 7) is 2.75. The fraction of sp³-hybridized carbons (Fsp3) is 0.467. The van der Waals surface area contributed by atoms with Crippen molar-refractivity contribution in [3.63, 3.8) is 0 Å². The Balaban J connectivity index is 1.53. The average molecular weight is 358 g/mol. The van der Waals surface area contributed by atoms with Crippen molar-refractivity contribution >= 4 is 23.1 Å². The number of imidazole rings is 1. The highest BCUT2D eigenvalue weighted by atomic mass is 32.1. The quantitative estimate of drug-likeness (QED) is 0.880. The number of halogens is 3. The van der Waals surface area contributed by atoms with Gasteiger partial charge in [-0.1, -0.05) is 0 Å². The van der Waals surface area contributed by atoms with Gasteiger partial charge in [0.15, 0.2) is 5.69 Å². The number of nitrogens with zero attached hydrogens (tertiary/aromatic N) is 2. The number of carbonyl (C=O) groups excluding carboxylic acids is 1. The van der Waals surface area contributed by atoms with E-state index in [1.54, 1.807) is 4.57 Å². The van der Waals surface area contributed by atoms with Crippen LogP contribution in [0, 0.1) is 12.8 Å². The molecule has 24 heavy (non-hydrogen) atoms. The van der Waals surface area contributed by atoms with Gasteiger partial charge in [-0.2, -0.15) is 13.2 Å².